The van der Waals surface area contributed by atoms with Crippen LogP contribution in [0.15, 0.2) is 85.5 Å². The number of rotatable bonds is 8. The molecule has 0 unspecified atom stereocenters. The summed E-state index contributed by atoms with van der Waals surface area (Å²) in [5, 5.41) is 24.9. The first-order valence-electron chi connectivity index (χ1n) is 14.7. The third-order valence-electron chi connectivity index (χ3n) is 7.95. The lowest BCUT2D eigenvalue weighted by Crippen LogP contribution is -2.48. The van der Waals surface area contributed by atoms with Crippen molar-refractivity contribution in [3.63, 3.8) is 0 Å². The number of carbonyl (C=O) groups excluding carboxylic acids is 1. The molecule has 6 rings (SSSR count). The van der Waals surface area contributed by atoms with Crippen molar-refractivity contribution in [3.05, 3.63) is 96.6 Å². The average Bonchev–Trinajstić information content (AvgIpc) is 3.70. The van der Waals surface area contributed by atoms with Gasteiger partial charge in [0.05, 0.1) is 18.0 Å². The van der Waals surface area contributed by atoms with E-state index in [1.54, 1.807) is 15.6 Å². The highest BCUT2D eigenvalue weighted by atomic mass is 16.2. The van der Waals surface area contributed by atoms with Crippen molar-refractivity contribution in [1.82, 2.24) is 34.8 Å². The minimum Gasteiger partial charge on any atom is -0.351 e. The molecule has 2 amide bonds. The van der Waals surface area contributed by atoms with Gasteiger partial charge in [0.25, 0.3) is 0 Å². The number of nitrogens with one attached hydrogen (secondary N) is 2. The third kappa shape index (κ3) is 6.44. The number of benzene rings is 2. The van der Waals surface area contributed by atoms with Crippen LogP contribution in [0.1, 0.15) is 36.8 Å². The van der Waals surface area contributed by atoms with Crippen molar-refractivity contribution >= 4 is 17.7 Å². The van der Waals surface area contributed by atoms with Gasteiger partial charge in [0.15, 0.2) is 0 Å². The van der Waals surface area contributed by atoms with Crippen molar-refractivity contribution in [2.24, 2.45) is 14.1 Å². The zero-order valence-electron chi connectivity index (χ0n) is 24.8. The Morgan fingerprint density at radius 3 is 2.41 bits per heavy atom. The van der Waals surface area contributed by atoms with E-state index in [9.17, 15) is 10.1 Å². The van der Waals surface area contributed by atoms with Gasteiger partial charge < -0.3 is 10.6 Å². The molecule has 11 heteroatoms. The van der Waals surface area contributed by atoms with E-state index in [1.165, 1.54) is 0 Å². The van der Waals surface area contributed by atoms with Crippen molar-refractivity contribution in [2.75, 3.05) is 10.2 Å². The number of aryl methyl sites for hydroxylation is 2. The van der Waals surface area contributed by atoms with Crippen LogP contribution in [-0.4, -0.2) is 47.6 Å². The third-order valence-corrected chi connectivity index (χ3v) is 7.95. The molecule has 3 aromatic heterocycles. The van der Waals surface area contributed by atoms with Crippen molar-refractivity contribution < 1.29 is 4.79 Å². The van der Waals surface area contributed by atoms with E-state index < -0.39 is 0 Å². The highest BCUT2D eigenvalue weighted by Gasteiger charge is 2.30. The number of aromatic nitrogens is 6. The Hall–Kier alpha value is -5.50. The van der Waals surface area contributed by atoms with E-state index in [0.717, 1.165) is 48.1 Å². The lowest BCUT2D eigenvalue weighted by molar-refractivity contribution is 0.240. The molecule has 0 aliphatic heterocycles. The Bertz CT molecular complexity index is 1760. The standard InChI is InChI=1S/C33H34N10O/c1-41-17-16-30(40-41)31-25(18-34)20-35-32(39-31)38-27-10-14-29(15-11-27)43(33(44)36-19-23-6-4-3-5-7-23)28-12-8-24(9-13-28)26-21-37-42(2)22-26/h3-9,12-13,16-17,20-22,27,29H,10-11,14-15,19H2,1-2H3,(H,36,44)(H,35,38,39)/t27-,29-. The summed E-state index contributed by atoms with van der Waals surface area (Å²) >= 11 is 0. The van der Waals surface area contributed by atoms with Crippen molar-refractivity contribution in [2.45, 2.75) is 44.3 Å². The van der Waals surface area contributed by atoms with Gasteiger partial charge in [-0.3, -0.25) is 14.3 Å². The number of nitrogens with zero attached hydrogens (tertiary/aromatic N) is 8. The zero-order chi connectivity index (χ0) is 30.5. The van der Waals surface area contributed by atoms with Gasteiger partial charge in [-0.2, -0.15) is 15.5 Å². The highest BCUT2D eigenvalue weighted by Crippen LogP contribution is 2.31. The molecule has 3 heterocycles. The minimum absolute atomic E-state index is 0.0269. The zero-order valence-corrected chi connectivity index (χ0v) is 24.8. The molecule has 222 valence electrons. The maximum Gasteiger partial charge on any atom is 0.322 e. The molecule has 0 spiro atoms. The van der Waals surface area contributed by atoms with Crippen LogP contribution in [0.2, 0.25) is 0 Å². The van der Waals surface area contributed by atoms with Crippen LogP contribution in [0.25, 0.3) is 22.5 Å². The lowest BCUT2D eigenvalue weighted by atomic mass is 9.90. The van der Waals surface area contributed by atoms with E-state index in [1.807, 2.05) is 98.2 Å². The number of urea groups is 1. The van der Waals surface area contributed by atoms with E-state index in [-0.39, 0.29) is 18.1 Å². The Kier molecular flexibility index (Phi) is 8.32. The molecule has 1 aliphatic carbocycles. The van der Waals surface area contributed by atoms with Gasteiger partial charge in [-0.1, -0.05) is 42.5 Å². The second-order valence-electron chi connectivity index (χ2n) is 11.1. The van der Waals surface area contributed by atoms with Gasteiger partial charge in [0.2, 0.25) is 5.95 Å². The summed E-state index contributed by atoms with van der Waals surface area (Å²) in [4.78, 5) is 24.7. The number of hydrogen-bond acceptors (Lipinski definition) is 7. The molecule has 11 nitrogen and oxygen atoms in total. The SMILES string of the molecule is Cn1cc(-c2ccc(N(C(=O)NCc3ccccc3)[C@H]3CC[C@H](Nc4ncc(C#N)c(-c5ccn(C)n5)n4)CC3)cc2)cn1. The maximum atomic E-state index is 13.7. The summed E-state index contributed by atoms with van der Waals surface area (Å²) in [7, 11) is 3.73. The minimum atomic E-state index is -0.116. The molecule has 0 radical (unpaired) electrons. The second kappa shape index (κ2) is 12.8. The molecule has 1 saturated carbocycles. The largest absolute Gasteiger partial charge is 0.351 e. The summed E-state index contributed by atoms with van der Waals surface area (Å²) in [5.41, 5.74) is 5.50. The molecule has 0 atom stereocenters. The van der Waals surface area contributed by atoms with E-state index >= 15 is 0 Å². The predicted octanol–water partition coefficient (Wildman–Crippen LogP) is 5.29. The van der Waals surface area contributed by atoms with Gasteiger partial charge in [-0.25, -0.2) is 14.8 Å². The Morgan fingerprint density at radius 2 is 1.75 bits per heavy atom. The number of amides is 2. The van der Waals surface area contributed by atoms with E-state index in [2.05, 4.69) is 36.9 Å². The van der Waals surface area contributed by atoms with Gasteiger partial charge in [0.1, 0.15) is 17.5 Å². The topological polar surface area (TPSA) is 130 Å². The normalized spacial score (nSPS) is 16.2. The number of carbonyl (C=O) groups is 1. The molecule has 1 aliphatic rings. The van der Waals surface area contributed by atoms with Crippen LogP contribution >= 0.6 is 0 Å². The Balaban J connectivity index is 1.17. The van der Waals surface area contributed by atoms with Crippen LogP contribution < -0.4 is 15.5 Å². The maximum absolute atomic E-state index is 13.7. The van der Waals surface area contributed by atoms with E-state index in [4.69, 9.17) is 0 Å². The highest BCUT2D eigenvalue weighted by molar-refractivity contribution is 5.93. The summed E-state index contributed by atoms with van der Waals surface area (Å²) in [6, 6.07) is 22.1. The molecule has 0 bridgehead atoms. The first-order valence-corrected chi connectivity index (χ1v) is 14.7. The van der Waals surface area contributed by atoms with Gasteiger partial charge in [-0.05, 0) is 55.0 Å². The second-order valence-corrected chi connectivity index (χ2v) is 11.1. The van der Waals surface area contributed by atoms with Crippen LogP contribution in [-0.2, 0) is 20.6 Å². The lowest BCUT2D eigenvalue weighted by Gasteiger charge is -2.37. The van der Waals surface area contributed by atoms with Crippen LogP contribution in [0.5, 0.6) is 0 Å². The smallest absolute Gasteiger partial charge is 0.322 e. The van der Waals surface area contributed by atoms with E-state index in [0.29, 0.717) is 29.4 Å². The fraction of sp³-hybridized carbons (Fsp3) is 0.273. The molecular formula is C33H34N10O. The fourth-order valence-electron chi connectivity index (χ4n) is 5.67. The summed E-state index contributed by atoms with van der Waals surface area (Å²) < 4.78 is 3.46. The molecule has 2 aromatic carbocycles. The molecule has 0 saturated heterocycles. The van der Waals surface area contributed by atoms with Gasteiger partial charge >= 0.3 is 6.03 Å². The van der Waals surface area contributed by atoms with Crippen LogP contribution in [0.3, 0.4) is 0 Å². The summed E-state index contributed by atoms with van der Waals surface area (Å²) in [6.07, 6.45) is 10.5. The van der Waals surface area contributed by atoms with Gasteiger partial charge in [0, 0.05) is 56.4 Å². The summed E-state index contributed by atoms with van der Waals surface area (Å²) in [5.74, 6) is 0.469. The van der Waals surface area contributed by atoms with Crippen molar-refractivity contribution in [3.8, 4) is 28.6 Å². The van der Waals surface area contributed by atoms with Gasteiger partial charge in [-0.15, -0.1) is 0 Å². The molecule has 1 fully saturated rings. The van der Waals surface area contributed by atoms with Crippen LogP contribution in [0.4, 0.5) is 16.4 Å². The predicted molar refractivity (Wildman–Crippen MR) is 168 cm³/mol. The number of anilines is 2. The average molecular weight is 587 g/mol. The molecule has 5 aromatic rings. The Morgan fingerprint density at radius 1 is 0.977 bits per heavy atom. The fourth-order valence-corrected chi connectivity index (χ4v) is 5.67. The molecule has 44 heavy (non-hydrogen) atoms. The number of hydrogen-bond donors (Lipinski definition) is 2. The summed E-state index contributed by atoms with van der Waals surface area (Å²) in [6.45, 7) is 0.454. The first kappa shape index (κ1) is 28.6. The van der Waals surface area contributed by atoms with Crippen molar-refractivity contribution in [1.29, 1.82) is 5.26 Å². The molecular weight excluding hydrogens is 552 g/mol. The Labute approximate surface area is 256 Å². The van der Waals surface area contributed by atoms with Crippen LogP contribution in [0, 0.1) is 11.3 Å². The monoisotopic (exact) mass is 586 g/mol. The number of nitriles is 1. The first-order chi connectivity index (χ1) is 21.5. The quantitative estimate of drug-likeness (QED) is 0.253. The molecule has 2 N–H and O–H groups in total.